The van der Waals surface area contributed by atoms with Gasteiger partial charge in [0.25, 0.3) is 11.5 Å². The Balaban J connectivity index is 1.79. The molecule has 156 valence electrons. The van der Waals surface area contributed by atoms with Crippen LogP contribution in [0.2, 0.25) is 0 Å². The van der Waals surface area contributed by atoms with Crippen LogP contribution in [0.5, 0.6) is 0 Å². The summed E-state index contributed by atoms with van der Waals surface area (Å²) in [5.74, 6) is -0.0879. The SMILES string of the molecule is CC(C)Cn1nc(C(=O)NC(c2ccccc2)c2ccccc2)c2ccccc2c1=O. The quantitative estimate of drug-likeness (QED) is 0.505. The van der Waals surface area contributed by atoms with Crippen molar-refractivity contribution in [3.05, 3.63) is 112 Å². The molecule has 5 nitrogen and oxygen atoms in total. The van der Waals surface area contributed by atoms with E-state index in [0.29, 0.717) is 17.3 Å². The van der Waals surface area contributed by atoms with Gasteiger partial charge in [0.15, 0.2) is 5.69 Å². The molecule has 0 saturated carbocycles. The van der Waals surface area contributed by atoms with Gasteiger partial charge in [-0.2, -0.15) is 5.10 Å². The summed E-state index contributed by atoms with van der Waals surface area (Å²) in [4.78, 5) is 26.3. The minimum Gasteiger partial charge on any atom is -0.340 e. The Hall–Kier alpha value is -3.73. The zero-order valence-electron chi connectivity index (χ0n) is 17.7. The van der Waals surface area contributed by atoms with E-state index in [2.05, 4.69) is 10.4 Å². The van der Waals surface area contributed by atoms with Crippen LogP contribution in [-0.4, -0.2) is 15.7 Å². The van der Waals surface area contributed by atoms with Gasteiger partial charge < -0.3 is 5.32 Å². The van der Waals surface area contributed by atoms with Gasteiger partial charge in [-0.1, -0.05) is 92.7 Å². The molecule has 1 aromatic heterocycles. The summed E-state index contributed by atoms with van der Waals surface area (Å²) in [6, 6.07) is 26.5. The smallest absolute Gasteiger partial charge is 0.274 e. The van der Waals surface area contributed by atoms with E-state index < -0.39 is 0 Å². The first kappa shape index (κ1) is 20.5. The van der Waals surface area contributed by atoms with Gasteiger partial charge in [0.1, 0.15) is 0 Å². The van der Waals surface area contributed by atoms with E-state index in [4.69, 9.17) is 0 Å². The molecule has 1 N–H and O–H groups in total. The fraction of sp³-hybridized carbons (Fsp3) is 0.192. The summed E-state index contributed by atoms with van der Waals surface area (Å²) in [5, 5.41) is 8.67. The molecule has 3 aromatic carbocycles. The summed E-state index contributed by atoms with van der Waals surface area (Å²) in [6.07, 6.45) is 0. The lowest BCUT2D eigenvalue weighted by Gasteiger charge is -2.20. The zero-order valence-corrected chi connectivity index (χ0v) is 17.7. The number of hydrogen-bond acceptors (Lipinski definition) is 3. The molecule has 0 aliphatic heterocycles. The molecule has 0 spiro atoms. The van der Waals surface area contributed by atoms with E-state index in [0.717, 1.165) is 11.1 Å². The van der Waals surface area contributed by atoms with Crippen LogP contribution >= 0.6 is 0 Å². The predicted molar refractivity (Wildman–Crippen MR) is 123 cm³/mol. The Morgan fingerprint density at radius 2 is 1.35 bits per heavy atom. The van der Waals surface area contributed by atoms with Crippen LogP contribution in [0, 0.1) is 5.92 Å². The van der Waals surface area contributed by atoms with Crippen LogP contribution in [-0.2, 0) is 6.54 Å². The number of amides is 1. The molecular formula is C26H25N3O2. The standard InChI is InChI=1S/C26H25N3O2/c1-18(2)17-29-26(31)22-16-10-9-15-21(22)24(28-29)25(30)27-23(19-11-5-3-6-12-19)20-13-7-4-8-14-20/h3-16,18,23H,17H2,1-2H3,(H,27,30). The van der Waals surface area contributed by atoms with Crippen molar-refractivity contribution in [1.82, 2.24) is 15.1 Å². The molecule has 4 aromatic rings. The predicted octanol–water partition coefficient (Wildman–Crippen LogP) is 4.57. The Kier molecular flexibility index (Phi) is 5.94. The maximum absolute atomic E-state index is 13.5. The van der Waals surface area contributed by atoms with Crippen molar-refractivity contribution < 1.29 is 4.79 Å². The monoisotopic (exact) mass is 411 g/mol. The number of carbonyl (C=O) groups is 1. The topological polar surface area (TPSA) is 64.0 Å². The van der Waals surface area contributed by atoms with Gasteiger partial charge in [0.2, 0.25) is 0 Å². The first-order chi connectivity index (χ1) is 15.0. The first-order valence-electron chi connectivity index (χ1n) is 10.4. The Labute approximate surface area is 181 Å². The van der Waals surface area contributed by atoms with Gasteiger partial charge in [0, 0.05) is 11.9 Å². The van der Waals surface area contributed by atoms with Gasteiger partial charge in [-0.05, 0) is 23.1 Å². The molecule has 5 heteroatoms. The summed E-state index contributed by atoms with van der Waals surface area (Å²) in [6.45, 7) is 4.48. The average molecular weight is 412 g/mol. The highest BCUT2D eigenvalue weighted by Crippen LogP contribution is 2.23. The van der Waals surface area contributed by atoms with Crippen molar-refractivity contribution in [1.29, 1.82) is 0 Å². The maximum Gasteiger partial charge on any atom is 0.274 e. The van der Waals surface area contributed by atoms with Gasteiger partial charge in [-0.3, -0.25) is 9.59 Å². The minimum atomic E-state index is -0.332. The van der Waals surface area contributed by atoms with Crippen LogP contribution < -0.4 is 10.9 Å². The lowest BCUT2D eigenvalue weighted by atomic mass is 9.98. The van der Waals surface area contributed by atoms with Crippen molar-refractivity contribution in [3.63, 3.8) is 0 Å². The van der Waals surface area contributed by atoms with Gasteiger partial charge in [0.05, 0.1) is 11.4 Å². The first-order valence-corrected chi connectivity index (χ1v) is 10.4. The van der Waals surface area contributed by atoms with E-state index in [1.165, 1.54) is 4.68 Å². The van der Waals surface area contributed by atoms with E-state index >= 15 is 0 Å². The minimum absolute atomic E-state index is 0.177. The molecule has 0 unspecified atom stereocenters. The third-order valence-electron chi connectivity index (χ3n) is 5.16. The number of nitrogens with zero attached hydrogens (tertiary/aromatic N) is 2. The normalized spacial score (nSPS) is 11.2. The number of aromatic nitrogens is 2. The van der Waals surface area contributed by atoms with Crippen LogP contribution in [0.3, 0.4) is 0 Å². The van der Waals surface area contributed by atoms with Gasteiger partial charge in [-0.25, -0.2) is 4.68 Å². The summed E-state index contributed by atoms with van der Waals surface area (Å²) >= 11 is 0. The van der Waals surface area contributed by atoms with Crippen LogP contribution in [0.4, 0.5) is 0 Å². The van der Waals surface area contributed by atoms with Crippen LogP contribution in [0.25, 0.3) is 10.8 Å². The molecule has 0 aliphatic rings. The molecular weight excluding hydrogens is 386 g/mol. The fourth-order valence-corrected chi connectivity index (χ4v) is 3.72. The van der Waals surface area contributed by atoms with E-state index in [1.54, 1.807) is 12.1 Å². The molecule has 0 fully saturated rings. The van der Waals surface area contributed by atoms with Crippen molar-refractivity contribution >= 4 is 16.7 Å². The molecule has 0 aliphatic carbocycles. The average Bonchev–Trinajstić information content (AvgIpc) is 2.80. The van der Waals surface area contributed by atoms with Gasteiger partial charge in [-0.15, -0.1) is 0 Å². The third-order valence-corrected chi connectivity index (χ3v) is 5.16. The van der Waals surface area contributed by atoms with Crippen LogP contribution in [0.15, 0.2) is 89.7 Å². The van der Waals surface area contributed by atoms with Crippen LogP contribution in [0.1, 0.15) is 41.5 Å². The number of benzene rings is 3. The molecule has 0 radical (unpaired) electrons. The highest BCUT2D eigenvalue weighted by molar-refractivity contribution is 6.05. The fourth-order valence-electron chi connectivity index (χ4n) is 3.72. The lowest BCUT2D eigenvalue weighted by Crippen LogP contribution is -2.34. The van der Waals surface area contributed by atoms with E-state index in [9.17, 15) is 9.59 Å². The Morgan fingerprint density at radius 3 is 1.90 bits per heavy atom. The Bertz CT molecular complexity index is 1210. The second-order valence-electron chi connectivity index (χ2n) is 8.00. The second-order valence-corrected chi connectivity index (χ2v) is 8.00. The Morgan fingerprint density at radius 1 is 0.839 bits per heavy atom. The highest BCUT2D eigenvalue weighted by atomic mass is 16.2. The number of fused-ring (bicyclic) bond motifs is 1. The van der Waals surface area contributed by atoms with Crippen molar-refractivity contribution in [2.75, 3.05) is 0 Å². The molecule has 0 saturated heterocycles. The van der Waals surface area contributed by atoms with Crippen molar-refractivity contribution in [3.8, 4) is 0 Å². The number of rotatable bonds is 6. The number of nitrogens with one attached hydrogen (secondary N) is 1. The summed E-state index contributed by atoms with van der Waals surface area (Å²) in [7, 11) is 0. The summed E-state index contributed by atoms with van der Waals surface area (Å²) in [5.41, 5.74) is 2.03. The summed E-state index contributed by atoms with van der Waals surface area (Å²) < 4.78 is 1.40. The highest BCUT2D eigenvalue weighted by Gasteiger charge is 2.22. The number of carbonyl (C=O) groups excluding carboxylic acids is 1. The van der Waals surface area contributed by atoms with E-state index in [1.807, 2.05) is 86.6 Å². The maximum atomic E-state index is 13.5. The zero-order chi connectivity index (χ0) is 21.8. The second kappa shape index (κ2) is 8.96. The number of hydrogen-bond donors (Lipinski definition) is 1. The molecule has 0 atom stereocenters. The molecule has 31 heavy (non-hydrogen) atoms. The van der Waals surface area contributed by atoms with Gasteiger partial charge >= 0.3 is 0 Å². The molecule has 1 heterocycles. The van der Waals surface area contributed by atoms with Crippen molar-refractivity contribution in [2.45, 2.75) is 26.4 Å². The molecule has 1 amide bonds. The lowest BCUT2D eigenvalue weighted by molar-refractivity contribution is 0.0937. The van der Waals surface area contributed by atoms with E-state index in [-0.39, 0.29) is 29.1 Å². The third kappa shape index (κ3) is 4.40. The molecule has 0 bridgehead atoms. The molecule has 4 rings (SSSR count). The largest absolute Gasteiger partial charge is 0.340 e. The van der Waals surface area contributed by atoms with Crippen molar-refractivity contribution in [2.24, 2.45) is 5.92 Å².